The number of ether oxygens (including phenoxy) is 1. The van der Waals surface area contributed by atoms with E-state index in [0.717, 1.165) is 17.2 Å². The van der Waals surface area contributed by atoms with Gasteiger partial charge in [-0.3, -0.25) is 9.59 Å². The van der Waals surface area contributed by atoms with Crippen LogP contribution in [0.1, 0.15) is 11.1 Å². The van der Waals surface area contributed by atoms with Crippen molar-refractivity contribution >= 4 is 29.2 Å². The van der Waals surface area contributed by atoms with Gasteiger partial charge in [0.15, 0.2) is 6.61 Å². The fraction of sp³-hybridized carbons (Fsp3) is 0.176. The molecule has 0 saturated carbocycles. The normalized spacial score (nSPS) is 10.2. The summed E-state index contributed by atoms with van der Waals surface area (Å²) in [6, 6.07) is 11.3. The molecule has 2 aromatic carbocycles. The zero-order valence-corrected chi connectivity index (χ0v) is 13.2. The largest absolute Gasteiger partial charge is 0.455 e. The molecule has 0 aromatic heterocycles. The minimum Gasteiger partial charge on any atom is -0.455 e. The second-order valence-electron chi connectivity index (χ2n) is 5.00. The van der Waals surface area contributed by atoms with Crippen LogP contribution in [-0.4, -0.2) is 18.5 Å². The van der Waals surface area contributed by atoms with E-state index in [2.05, 4.69) is 5.32 Å². The number of hydrogen-bond acceptors (Lipinski definition) is 3. The molecule has 0 radical (unpaired) electrons. The van der Waals surface area contributed by atoms with E-state index < -0.39 is 24.3 Å². The number of halogens is 2. The summed E-state index contributed by atoms with van der Waals surface area (Å²) in [6.07, 6.45) is 0.0723. The van der Waals surface area contributed by atoms with Crippen LogP contribution in [0.5, 0.6) is 0 Å². The van der Waals surface area contributed by atoms with Gasteiger partial charge in [-0.2, -0.15) is 0 Å². The number of nitrogens with one attached hydrogen (secondary N) is 1. The quantitative estimate of drug-likeness (QED) is 0.851. The van der Waals surface area contributed by atoms with E-state index in [1.807, 2.05) is 31.2 Å². The van der Waals surface area contributed by atoms with Gasteiger partial charge in [0, 0.05) is 5.02 Å². The molecule has 0 aliphatic carbocycles. The maximum Gasteiger partial charge on any atom is 0.310 e. The summed E-state index contributed by atoms with van der Waals surface area (Å²) >= 11 is 5.62. The van der Waals surface area contributed by atoms with Gasteiger partial charge in [0.1, 0.15) is 5.82 Å². The summed E-state index contributed by atoms with van der Waals surface area (Å²) in [4.78, 5) is 23.3. The van der Waals surface area contributed by atoms with Gasteiger partial charge in [-0.15, -0.1) is 0 Å². The maximum atomic E-state index is 13.5. The monoisotopic (exact) mass is 335 g/mol. The number of rotatable bonds is 5. The van der Waals surface area contributed by atoms with Crippen molar-refractivity contribution in [3.63, 3.8) is 0 Å². The van der Waals surface area contributed by atoms with Gasteiger partial charge in [0.25, 0.3) is 5.91 Å². The molecular formula is C17H15ClFNO3. The molecule has 2 aromatic rings. The number of hydrogen-bond donors (Lipinski definition) is 1. The van der Waals surface area contributed by atoms with Gasteiger partial charge in [0.05, 0.1) is 12.1 Å². The standard InChI is InChI=1S/C17H15ClFNO3/c1-11-2-4-12(5-3-11)8-17(22)23-10-16(21)20-15-7-6-13(18)9-14(15)19/h2-7,9H,8,10H2,1H3,(H,20,21). The van der Waals surface area contributed by atoms with Crippen LogP contribution >= 0.6 is 11.6 Å². The van der Waals surface area contributed by atoms with E-state index in [9.17, 15) is 14.0 Å². The average molecular weight is 336 g/mol. The Labute approximate surface area is 138 Å². The highest BCUT2D eigenvalue weighted by Gasteiger charge is 2.11. The Bertz CT molecular complexity index is 716. The SMILES string of the molecule is Cc1ccc(CC(=O)OCC(=O)Nc2ccc(Cl)cc2F)cc1. The van der Waals surface area contributed by atoms with Crippen molar-refractivity contribution in [3.05, 3.63) is 64.4 Å². The molecule has 6 heteroatoms. The average Bonchev–Trinajstić information content (AvgIpc) is 2.50. The highest BCUT2D eigenvalue weighted by atomic mass is 35.5. The van der Waals surface area contributed by atoms with Crippen LogP contribution in [0.25, 0.3) is 0 Å². The minimum absolute atomic E-state index is 0.0195. The lowest BCUT2D eigenvalue weighted by Gasteiger charge is -2.08. The Morgan fingerprint density at radius 1 is 1.17 bits per heavy atom. The Morgan fingerprint density at radius 2 is 1.87 bits per heavy atom. The molecule has 1 N–H and O–H groups in total. The van der Waals surface area contributed by atoms with Crippen molar-refractivity contribution in [2.75, 3.05) is 11.9 Å². The Hall–Kier alpha value is -2.40. The van der Waals surface area contributed by atoms with Crippen molar-refractivity contribution in [2.24, 2.45) is 0 Å². The Balaban J connectivity index is 1.81. The Morgan fingerprint density at radius 3 is 2.52 bits per heavy atom. The van der Waals surface area contributed by atoms with Crippen molar-refractivity contribution in [1.82, 2.24) is 0 Å². The van der Waals surface area contributed by atoms with Crippen molar-refractivity contribution in [3.8, 4) is 0 Å². The first-order valence-electron chi connectivity index (χ1n) is 6.90. The molecule has 0 aliphatic heterocycles. The summed E-state index contributed by atoms with van der Waals surface area (Å²) < 4.78 is 18.4. The number of anilines is 1. The molecule has 4 nitrogen and oxygen atoms in total. The van der Waals surface area contributed by atoms with E-state index >= 15 is 0 Å². The topological polar surface area (TPSA) is 55.4 Å². The van der Waals surface area contributed by atoms with Gasteiger partial charge in [-0.05, 0) is 30.7 Å². The van der Waals surface area contributed by atoms with Crippen molar-refractivity contribution < 1.29 is 18.7 Å². The van der Waals surface area contributed by atoms with Crippen molar-refractivity contribution in [2.45, 2.75) is 13.3 Å². The molecule has 120 valence electrons. The third-order valence-corrected chi connectivity index (χ3v) is 3.27. The molecule has 0 fully saturated rings. The third kappa shape index (κ3) is 5.38. The van der Waals surface area contributed by atoms with Crippen LogP contribution in [0.3, 0.4) is 0 Å². The third-order valence-electron chi connectivity index (χ3n) is 3.04. The van der Waals surface area contributed by atoms with E-state index in [4.69, 9.17) is 16.3 Å². The first-order valence-corrected chi connectivity index (χ1v) is 7.28. The second-order valence-corrected chi connectivity index (χ2v) is 5.43. The van der Waals surface area contributed by atoms with Gasteiger partial charge < -0.3 is 10.1 Å². The van der Waals surface area contributed by atoms with E-state index in [0.29, 0.717) is 0 Å². The molecule has 0 unspecified atom stereocenters. The molecule has 0 bridgehead atoms. The Kier molecular flexibility index (Phi) is 5.71. The fourth-order valence-electron chi connectivity index (χ4n) is 1.85. The summed E-state index contributed by atoms with van der Waals surface area (Å²) in [5, 5.41) is 2.54. The number of aryl methyl sites for hydroxylation is 1. The van der Waals surface area contributed by atoms with Crippen LogP contribution in [0.4, 0.5) is 10.1 Å². The van der Waals surface area contributed by atoms with Gasteiger partial charge in [-0.25, -0.2) is 4.39 Å². The first-order chi connectivity index (χ1) is 10.9. The number of benzene rings is 2. The van der Waals surface area contributed by atoms with Gasteiger partial charge in [-0.1, -0.05) is 41.4 Å². The predicted molar refractivity (Wildman–Crippen MR) is 85.9 cm³/mol. The second kappa shape index (κ2) is 7.74. The van der Waals surface area contributed by atoms with Crippen LogP contribution in [-0.2, 0) is 20.7 Å². The van der Waals surface area contributed by atoms with Crippen LogP contribution in [0, 0.1) is 12.7 Å². The molecule has 0 spiro atoms. The summed E-state index contributed by atoms with van der Waals surface area (Å²) in [6.45, 7) is 1.47. The van der Waals surface area contributed by atoms with E-state index in [-0.39, 0.29) is 17.1 Å². The highest BCUT2D eigenvalue weighted by Crippen LogP contribution is 2.18. The first kappa shape index (κ1) is 17.0. The highest BCUT2D eigenvalue weighted by molar-refractivity contribution is 6.30. The van der Waals surface area contributed by atoms with E-state index in [1.54, 1.807) is 0 Å². The summed E-state index contributed by atoms with van der Waals surface area (Å²) in [7, 11) is 0. The number of carbonyl (C=O) groups excluding carboxylic acids is 2. The summed E-state index contributed by atoms with van der Waals surface area (Å²) in [5.74, 6) is -1.80. The lowest BCUT2D eigenvalue weighted by molar-refractivity contribution is -0.146. The van der Waals surface area contributed by atoms with Crippen LogP contribution in [0.2, 0.25) is 5.02 Å². The van der Waals surface area contributed by atoms with Gasteiger partial charge >= 0.3 is 5.97 Å². The number of amides is 1. The zero-order valence-electron chi connectivity index (χ0n) is 12.4. The molecule has 1 amide bonds. The molecule has 23 heavy (non-hydrogen) atoms. The van der Waals surface area contributed by atoms with E-state index in [1.165, 1.54) is 12.1 Å². The molecule has 0 atom stereocenters. The molecule has 0 aliphatic rings. The lowest BCUT2D eigenvalue weighted by Crippen LogP contribution is -2.22. The molecule has 0 heterocycles. The smallest absolute Gasteiger partial charge is 0.310 e. The number of carbonyl (C=O) groups is 2. The zero-order chi connectivity index (χ0) is 16.8. The van der Waals surface area contributed by atoms with Crippen LogP contribution in [0.15, 0.2) is 42.5 Å². The van der Waals surface area contributed by atoms with Crippen molar-refractivity contribution in [1.29, 1.82) is 0 Å². The predicted octanol–water partition coefficient (Wildman–Crippen LogP) is 3.51. The minimum atomic E-state index is -0.656. The number of esters is 1. The molecule has 2 rings (SSSR count). The fourth-order valence-corrected chi connectivity index (χ4v) is 2.01. The summed E-state index contributed by atoms with van der Waals surface area (Å²) in [5.41, 5.74) is 1.87. The van der Waals surface area contributed by atoms with Crippen LogP contribution < -0.4 is 5.32 Å². The van der Waals surface area contributed by atoms with Gasteiger partial charge in [0.2, 0.25) is 0 Å². The lowest BCUT2D eigenvalue weighted by atomic mass is 10.1. The molecular weight excluding hydrogens is 321 g/mol. The molecule has 0 saturated heterocycles. The maximum absolute atomic E-state index is 13.5.